The molecule has 0 amide bonds. The third-order valence-corrected chi connectivity index (χ3v) is 7.57. The Morgan fingerprint density at radius 2 is 0.971 bits per heavy atom. The lowest BCUT2D eigenvalue weighted by Gasteiger charge is -2.45. The van der Waals surface area contributed by atoms with Crippen LogP contribution in [-0.2, 0) is 38.1 Å². The van der Waals surface area contributed by atoms with Gasteiger partial charge in [-0.25, -0.2) is 0 Å². The average Bonchev–Trinajstić information content (AvgIpc) is 2.79. The highest BCUT2D eigenvalue weighted by Gasteiger charge is 2.59. The van der Waals surface area contributed by atoms with E-state index in [0.717, 1.165) is 44.1 Å². The SMILES string of the molecule is Cc1ccc(C(C2C(=O)OC3(CCCCC3)OC2=O)C2C(=O)OC3(CCCCC3)OC2=O)cc1. The number of rotatable bonds is 3. The molecule has 2 saturated carbocycles. The van der Waals surface area contributed by atoms with Gasteiger partial charge in [0.2, 0.25) is 0 Å². The molecule has 2 heterocycles. The normalized spacial score (nSPS) is 27.5. The van der Waals surface area contributed by atoms with Gasteiger partial charge in [0.25, 0.3) is 11.6 Å². The van der Waals surface area contributed by atoms with Gasteiger partial charge >= 0.3 is 23.9 Å². The van der Waals surface area contributed by atoms with Crippen LogP contribution in [0.1, 0.15) is 81.3 Å². The van der Waals surface area contributed by atoms with Crippen molar-refractivity contribution < 1.29 is 38.1 Å². The molecule has 2 spiro atoms. The smallest absolute Gasteiger partial charge is 0.324 e. The molecule has 8 heteroatoms. The highest BCUT2D eigenvalue weighted by atomic mass is 16.8. The zero-order chi connectivity index (χ0) is 23.9. The van der Waals surface area contributed by atoms with Crippen LogP contribution in [0.25, 0.3) is 0 Å². The summed E-state index contributed by atoms with van der Waals surface area (Å²) in [7, 11) is 0. The molecule has 8 nitrogen and oxygen atoms in total. The summed E-state index contributed by atoms with van der Waals surface area (Å²) in [6, 6.07) is 7.01. The number of carbonyl (C=O) groups excluding carboxylic acids is 4. The zero-order valence-corrected chi connectivity index (χ0v) is 19.4. The Morgan fingerprint density at radius 1 is 0.618 bits per heavy atom. The van der Waals surface area contributed by atoms with Crippen LogP contribution >= 0.6 is 0 Å². The van der Waals surface area contributed by atoms with Crippen molar-refractivity contribution in [3.63, 3.8) is 0 Å². The molecular weight excluding hydrogens is 440 g/mol. The topological polar surface area (TPSA) is 105 Å². The van der Waals surface area contributed by atoms with Crippen molar-refractivity contribution in [1.29, 1.82) is 0 Å². The molecule has 0 radical (unpaired) electrons. The summed E-state index contributed by atoms with van der Waals surface area (Å²) in [4.78, 5) is 53.1. The first-order chi connectivity index (χ1) is 16.3. The molecule has 0 unspecified atom stereocenters. The van der Waals surface area contributed by atoms with Crippen LogP contribution in [0.4, 0.5) is 0 Å². The summed E-state index contributed by atoms with van der Waals surface area (Å²) in [6.07, 6.45) is 6.90. The molecule has 4 fully saturated rings. The number of esters is 4. The quantitative estimate of drug-likeness (QED) is 0.485. The molecule has 1 aromatic carbocycles. The minimum atomic E-state index is -1.47. The predicted octanol–water partition coefficient (Wildman–Crippen LogP) is 3.83. The highest BCUT2D eigenvalue weighted by Crippen LogP contribution is 2.46. The molecule has 0 N–H and O–H groups in total. The van der Waals surface area contributed by atoms with Crippen molar-refractivity contribution in [3.8, 4) is 0 Å². The van der Waals surface area contributed by atoms with E-state index in [0.29, 0.717) is 31.2 Å². The predicted molar refractivity (Wildman–Crippen MR) is 117 cm³/mol. The molecule has 34 heavy (non-hydrogen) atoms. The van der Waals surface area contributed by atoms with E-state index in [1.165, 1.54) is 0 Å². The average molecular weight is 471 g/mol. The van der Waals surface area contributed by atoms with Crippen molar-refractivity contribution in [2.75, 3.05) is 0 Å². The Bertz CT molecular complexity index is 887. The lowest BCUT2D eigenvalue weighted by atomic mass is 9.75. The van der Waals surface area contributed by atoms with Crippen LogP contribution in [0.15, 0.2) is 24.3 Å². The zero-order valence-electron chi connectivity index (χ0n) is 19.4. The van der Waals surface area contributed by atoms with E-state index in [9.17, 15) is 19.2 Å². The van der Waals surface area contributed by atoms with Gasteiger partial charge in [0.05, 0.1) is 0 Å². The second kappa shape index (κ2) is 8.71. The van der Waals surface area contributed by atoms with E-state index < -0.39 is 53.2 Å². The van der Waals surface area contributed by atoms with Gasteiger partial charge in [0, 0.05) is 31.6 Å². The Labute approximate surface area is 198 Å². The van der Waals surface area contributed by atoms with Gasteiger partial charge in [0.1, 0.15) is 0 Å². The maximum Gasteiger partial charge on any atom is 0.324 e. The molecule has 5 rings (SSSR count). The Kier molecular flexibility index (Phi) is 5.86. The molecular formula is C26H30O8. The van der Waals surface area contributed by atoms with E-state index >= 15 is 0 Å². The Morgan fingerprint density at radius 3 is 1.32 bits per heavy atom. The van der Waals surface area contributed by atoms with Crippen LogP contribution in [0, 0.1) is 18.8 Å². The molecule has 0 atom stereocenters. The lowest BCUT2D eigenvalue weighted by Crippen LogP contribution is -2.57. The fraction of sp³-hybridized carbons (Fsp3) is 0.615. The van der Waals surface area contributed by atoms with Gasteiger partial charge in [-0.3, -0.25) is 19.2 Å². The van der Waals surface area contributed by atoms with Crippen molar-refractivity contribution in [2.45, 2.75) is 88.6 Å². The molecule has 2 aliphatic carbocycles. The summed E-state index contributed by atoms with van der Waals surface area (Å²) >= 11 is 0. The van der Waals surface area contributed by atoms with E-state index in [4.69, 9.17) is 18.9 Å². The van der Waals surface area contributed by atoms with Crippen molar-refractivity contribution >= 4 is 23.9 Å². The molecule has 1 aromatic rings. The summed E-state index contributed by atoms with van der Waals surface area (Å²) in [5, 5.41) is 0. The van der Waals surface area contributed by atoms with Crippen LogP contribution in [0.3, 0.4) is 0 Å². The first-order valence-corrected chi connectivity index (χ1v) is 12.3. The molecule has 0 aromatic heterocycles. The van der Waals surface area contributed by atoms with Crippen molar-refractivity contribution in [2.24, 2.45) is 11.8 Å². The van der Waals surface area contributed by atoms with Gasteiger partial charge in [0.15, 0.2) is 11.8 Å². The third kappa shape index (κ3) is 4.07. The number of aryl methyl sites for hydroxylation is 1. The van der Waals surface area contributed by atoms with Gasteiger partial charge in [-0.2, -0.15) is 0 Å². The van der Waals surface area contributed by atoms with Crippen molar-refractivity contribution in [3.05, 3.63) is 35.4 Å². The lowest BCUT2D eigenvalue weighted by molar-refractivity contribution is -0.268. The summed E-state index contributed by atoms with van der Waals surface area (Å²) in [5.74, 6) is -9.70. The molecule has 2 aliphatic heterocycles. The Balaban J connectivity index is 1.49. The molecule has 4 aliphatic rings. The second-order valence-electron chi connectivity index (χ2n) is 10.0. The summed E-state index contributed by atoms with van der Waals surface area (Å²) < 4.78 is 22.8. The van der Waals surface area contributed by atoms with Gasteiger partial charge in [-0.15, -0.1) is 0 Å². The number of hydrogen-bond donors (Lipinski definition) is 0. The maximum atomic E-state index is 13.3. The summed E-state index contributed by atoms with van der Waals surface area (Å²) in [5.41, 5.74) is 1.43. The Hall–Kier alpha value is -2.90. The monoisotopic (exact) mass is 470 g/mol. The third-order valence-electron chi connectivity index (χ3n) is 7.57. The fourth-order valence-corrected chi connectivity index (χ4v) is 5.76. The summed E-state index contributed by atoms with van der Waals surface area (Å²) in [6.45, 7) is 1.89. The number of ether oxygens (including phenoxy) is 4. The van der Waals surface area contributed by atoms with Crippen LogP contribution in [0.2, 0.25) is 0 Å². The van der Waals surface area contributed by atoms with Crippen LogP contribution in [0.5, 0.6) is 0 Å². The van der Waals surface area contributed by atoms with Gasteiger partial charge < -0.3 is 18.9 Å². The van der Waals surface area contributed by atoms with Crippen molar-refractivity contribution in [1.82, 2.24) is 0 Å². The van der Waals surface area contributed by atoms with E-state index in [1.807, 2.05) is 6.92 Å². The molecule has 182 valence electrons. The second-order valence-corrected chi connectivity index (χ2v) is 10.0. The number of hydrogen-bond acceptors (Lipinski definition) is 8. The minimum absolute atomic E-state index is 0.447. The molecule has 0 bridgehead atoms. The van der Waals surface area contributed by atoms with E-state index in [1.54, 1.807) is 24.3 Å². The first-order valence-electron chi connectivity index (χ1n) is 12.3. The standard InChI is InChI=1S/C26H30O8/c1-16-8-10-17(11-9-16)18(19-21(27)31-25(32-22(19)28)12-4-2-5-13-25)20-23(29)33-26(34-24(20)30)14-6-3-7-15-26/h8-11,18-20H,2-7,12-15H2,1H3. The fourth-order valence-electron chi connectivity index (χ4n) is 5.76. The van der Waals surface area contributed by atoms with Crippen LogP contribution in [-0.4, -0.2) is 35.5 Å². The van der Waals surface area contributed by atoms with Gasteiger partial charge in [-0.05, 0) is 38.2 Å². The van der Waals surface area contributed by atoms with E-state index in [2.05, 4.69) is 0 Å². The maximum absolute atomic E-state index is 13.3. The van der Waals surface area contributed by atoms with Gasteiger partial charge in [-0.1, -0.05) is 42.7 Å². The molecule has 2 saturated heterocycles. The number of benzene rings is 1. The minimum Gasteiger partial charge on any atom is -0.422 e. The number of carbonyl (C=O) groups is 4. The largest absolute Gasteiger partial charge is 0.422 e. The van der Waals surface area contributed by atoms with E-state index in [-0.39, 0.29) is 0 Å². The van der Waals surface area contributed by atoms with Crippen LogP contribution < -0.4 is 0 Å². The highest BCUT2D eigenvalue weighted by molar-refractivity contribution is 6.03. The first kappa shape index (κ1) is 22.9.